The summed E-state index contributed by atoms with van der Waals surface area (Å²) >= 11 is 0. The van der Waals surface area contributed by atoms with Gasteiger partial charge in [-0.1, -0.05) is 12.1 Å². The number of likely N-dealkylation sites (tertiary alicyclic amines) is 1. The Bertz CT molecular complexity index is 669. The minimum atomic E-state index is -1.01. The van der Waals surface area contributed by atoms with Crippen LogP contribution in [0.5, 0.6) is 5.75 Å². The van der Waals surface area contributed by atoms with Crippen LogP contribution in [0.1, 0.15) is 56.2 Å². The van der Waals surface area contributed by atoms with Gasteiger partial charge in [-0.3, -0.25) is 4.90 Å². The monoisotopic (exact) mass is 363 g/mol. The Hall–Kier alpha value is -2.24. The summed E-state index contributed by atoms with van der Waals surface area (Å²) in [4.78, 5) is 26.0. The number of aryl methyl sites for hydroxylation is 2. The number of piperidine rings is 1. The van der Waals surface area contributed by atoms with Gasteiger partial charge < -0.3 is 14.6 Å². The molecule has 1 aromatic carbocycles. The maximum Gasteiger partial charge on any atom is 0.411 e. The number of hydrogen-bond acceptors (Lipinski definition) is 4. The van der Waals surface area contributed by atoms with E-state index in [1.165, 1.54) is 4.90 Å². The summed E-state index contributed by atoms with van der Waals surface area (Å²) < 4.78 is 10.8. The van der Waals surface area contributed by atoms with Gasteiger partial charge in [-0.15, -0.1) is 0 Å². The second kappa shape index (κ2) is 7.56. The number of rotatable bonds is 3. The maximum atomic E-state index is 12.6. The first kappa shape index (κ1) is 20.1. The van der Waals surface area contributed by atoms with E-state index in [9.17, 15) is 14.7 Å². The van der Waals surface area contributed by atoms with E-state index in [0.717, 1.165) is 28.9 Å². The van der Waals surface area contributed by atoms with Gasteiger partial charge >= 0.3 is 12.1 Å². The molecule has 1 N–H and O–H groups in total. The zero-order valence-corrected chi connectivity index (χ0v) is 16.5. The predicted octanol–water partition coefficient (Wildman–Crippen LogP) is 3.88. The van der Waals surface area contributed by atoms with E-state index in [2.05, 4.69) is 0 Å². The molecule has 1 aromatic rings. The molecule has 6 nitrogen and oxygen atoms in total. The third-order valence-electron chi connectivity index (χ3n) is 4.63. The molecule has 1 aliphatic heterocycles. The van der Waals surface area contributed by atoms with Crippen molar-refractivity contribution in [3.8, 4) is 5.75 Å². The number of aliphatic carboxylic acids is 1. The summed E-state index contributed by atoms with van der Waals surface area (Å²) in [5.41, 5.74) is 2.17. The number of hydrogen-bond donors (Lipinski definition) is 1. The van der Waals surface area contributed by atoms with Gasteiger partial charge in [-0.25, -0.2) is 9.59 Å². The summed E-state index contributed by atoms with van der Waals surface area (Å²) in [7, 11) is 1.62. The first-order chi connectivity index (χ1) is 12.0. The summed E-state index contributed by atoms with van der Waals surface area (Å²) in [6.45, 7) is 9.60. The van der Waals surface area contributed by atoms with Crippen LogP contribution in [0.3, 0.4) is 0 Å². The van der Waals surface area contributed by atoms with E-state index < -0.39 is 23.7 Å². The Morgan fingerprint density at radius 1 is 1.19 bits per heavy atom. The van der Waals surface area contributed by atoms with Crippen LogP contribution >= 0.6 is 0 Å². The van der Waals surface area contributed by atoms with Gasteiger partial charge in [-0.05, 0) is 64.2 Å². The Morgan fingerprint density at radius 3 is 2.23 bits per heavy atom. The number of carbonyl (C=O) groups excluding carboxylic acids is 1. The summed E-state index contributed by atoms with van der Waals surface area (Å²) in [5, 5.41) is 9.85. The average molecular weight is 363 g/mol. The summed E-state index contributed by atoms with van der Waals surface area (Å²) in [6.07, 6.45) is 0.871. The number of nitrogens with zero attached hydrogens (tertiary/aromatic N) is 1. The normalized spacial score (nSPS) is 20.6. The van der Waals surface area contributed by atoms with Crippen molar-refractivity contribution in [3.05, 3.63) is 28.8 Å². The third-order valence-corrected chi connectivity index (χ3v) is 4.63. The molecular formula is C20H29NO5. The standard InChI is InChI=1S/C20H29NO5/c1-12-10-14(11-13(2)17(12)25-6)15-8-7-9-21(16(15)18(22)23)19(24)26-20(3,4)5/h10-11,15-16H,7-9H2,1-6H3,(H,22,23)/t15-,16+/m1/s1. The van der Waals surface area contributed by atoms with Crippen molar-refractivity contribution in [2.24, 2.45) is 0 Å². The molecule has 0 aromatic heterocycles. The highest BCUT2D eigenvalue weighted by Gasteiger charge is 2.42. The molecule has 0 bridgehead atoms. The highest BCUT2D eigenvalue weighted by molar-refractivity contribution is 5.81. The molecular weight excluding hydrogens is 334 g/mol. The molecule has 0 saturated carbocycles. The molecule has 1 heterocycles. The predicted molar refractivity (Wildman–Crippen MR) is 98.8 cm³/mol. The number of carbonyl (C=O) groups is 2. The second-order valence-corrected chi connectivity index (χ2v) is 7.89. The minimum Gasteiger partial charge on any atom is -0.496 e. The first-order valence-electron chi connectivity index (χ1n) is 8.92. The zero-order valence-electron chi connectivity index (χ0n) is 16.5. The molecule has 1 fully saturated rings. The molecule has 6 heteroatoms. The Morgan fingerprint density at radius 2 is 1.77 bits per heavy atom. The van der Waals surface area contributed by atoms with Gasteiger partial charge in [0.05, 0.1) is 7.11 Å². The molecule has 2 atom stereocenters. The number of carboxylic acid groups (broad SMARTS) is 1. The van der Waals surface area contributed by atoms with Crippen LogP contribution in [0.15, 0.2) is 12.1 Å². The van der Waals surface area contributed by atoms with Crippen LogP contribution in [-0.2, 0) is 9.53 Å². The summed E-state index contributed by atoms with van der Waals surface area (Å²) in [6, 6.07) is 2.99. The second-order valence-electron chi connectivity index (χ2n) is 7.89. The zero-order chi connectivity index (χ0) is 19.6. The molecule has 0 spiro atoms. The number of amides is 1. The highest BCUT2D eigenvalue weighted by atomic mass is 16.6. The quantitative estimate of drug-likeness (QED) is 0.882. The molecule has 2 rings (SSSR count). The minimum absolute atomic E-state index is 0.280. The third kappa shape index (κ3) is 4.29. The Balaban J connectivity index is 2.39. The molecule has 1 amide bonds. The van der Waals surface area contributed by atoms with E-state index >= 15 is 0 Å². The van der Waals surface area contributed by atoms with E-state index in [0.29, 0.717) is 13.0 Å². The van der Waals surface area contributed by atoms with Gasteiger partial charge in [0.1, 0.15) is 17.4 Å². The SMILES string of the molecule is COc1c(C)cc([C@H]2CCCN(C(=O)OC(C)(C)C)[C@@H]2C(=O)O)cc1C. The number of carboxylic acids is 1. The van der Waals surface area contributed by atoms with Crippen LogP contribution in [0.25, 0.3) is 0 Å². The lowest BCUT2D eigenvalue weighted by atomic mass is 9.82. The number of benzene rings is 1. The maximum absolute atomic E-state index is 12.6. The topological polar surface area (TPSA) is 76.1 Å². The van der Waals surface area contributed by atoms with Crippen LogP contribution in [-0.4, -0.2) is 47.4 Å². The highest BCUT2D eigenvalue weighted by Crippen LogP contribution is 2.37. The lowest BCUT2D eigenvalue weighted by Gasteiger charge is -2.39. The smallest absolute Gasteiger partial charge is 0.411 e. The van der Waals surface area contributed by atoms with Gasteiger partial charge in [0.15, 0.2) is 0 Å². The van der Waals surface area contributed by atoms with Gasteiger partial charge in [-0.2, -0.15) is 0 Å². The molecule has 1 aliphatic rings. The number of ether oxygens (including phenoxy) is 2. The average Bonchev–Trinajstić information content (AvgIpc) is 2.52. The Labute approximate surface area is 155 Å². The fourth-order valence-electron chi connectivity index (χ4n) is 3.70. The Kier molecular flexibility index (Phi) is 5.84. The molecule has 1 saturated heterocycles. The van der Waals surface area contributed by atoms with Crippen molar-refractivity contribution in [1.82, 2.24) is 4.90 Å². The van der Waals surface area contributed by atoms with Crippen molar-refractivity contribution < 1.29 is 24.2 Å². The van der Waals surface area contributed by atoms with Crippen LogP contribution in [0.2, 0.25) is 0 Å². The van der Waals surface area contributed by atoms with Crippen molar-refractivity contribution in [1.29, 1.82) is 0 Å². The molecule has 0 radical (unpaired) electrons. The lowest BCUT2D eigenvalue weighted by Crippen LogP contribution is -2.53. The van der Waals surface area contributed by atoms with Crippen molar-refractivity contribution in [3.63, 3.8) is 0 Å². The van der Waals surface area contributed by atoms with Crippen LogP contribution in [0.4, 0.5) is 4.79 Å². The van der Waals surface area contributed by atoms with E-state index in [1.807, 2.05) is 26.0 Å². The van der Waals surface area contributed by atoms with Crippen molar-refractivity contribution in [2.45, 2.75) is 65.0 Å². The van der Waals surface area contributed by atoms with Crippen molar-refractivity contribution >= 4 is 12.1 Å². The molecule has 0 unspecified atom stereocenters. The van der Waals surface area contributed by atoms with E-state index in [-0.39, 0.29) is 5.92 Å². The van der Waals surface area contributed by atoms with Gasteiger partial charge in [0, 0.05) is 12.5 Å². The van der Waals surface area contributed by atoms with E-state index in [1.54, 1.807) is 27.9 Å². The fraction of sp³-hybridized carbons (Fsp3) is 0.600. The van der Waals surface area contributed by atoms with E-state index in [4.69, 9.17) is 9.47 Å². The molecule has 0 aliphatic carbocycles. The van der Waals surface area contributed by atoms with Crippen LogP contribution in [0, 0.1) is 13.8 Å². The fourth-order valence-corrected chi connectivity index (χ4v) is 3.70. The van der Waals surface area contributed by atoms with Gasteiger partial charge in [0.2, 0.25) is 0 Å². The van der Waals surface area contributed by atoms with Crippen molar-refractivity contribution in [2.75, 3.05) is 13.7 Å². The molecule has 26 heavy (non-hydrogen) atoms. The molecule has 144 valence electrons. The van der Waals surface area contributed by atoms with Gasteiger partial charge in [0.25, 0.3) is 0 Å². The number of methoxy groups -OCH3 is 1. The first-order valence-corrected chi connectivity index (χ1v) is 8.92. The van der Waals surface area contributed by atoms with Crippen LogP contribution < -0.4 is 4.74 Å². The largest absolute Gasteiger partial charge is 0.496 e. The lowest BCUT2D eigenvalue weighted by molar-refractivity contribution is -0.145. The summed E-state index contributed by atoms with van der Waals surface area (Å²) in [5.74, 6) is -0.482.